The van der Waals surface area contributed by atoms with E-state index in [0.29, 0.717) is 13.2 Å². The van der Waals surface area contributed by atoms with Crippen molar-refractivity contribution in [3.05, 3.63) is 33.9 Å². The molecule has 0 fully saturated rings. The van der Waals surface area contributed by atoms with E-state index < -0.39 is 11.3 Å². The van der Waals surface area contributed by atoms with Crippen LogP contribution in [0.25, 0.3) is 0 Å². The second-order valence-corrected chi connectivity index (χ2v) is 4.31. The van der Waals surface area contributed by atoms with E-state index in [0.717, 1.165) is 25.3 Å². The average molecular weight is 288 g/mol. The molecule has 5 nitrogen and oxygen atoms in total. The third-order valence-electron chi connectivity index (χ3n) is 2.82. The van der Waals surface area contributed by atoms with Crippen molar-refractivity contribution in [2.75, 3.05) is 25.6 Å². The van der Waals surface area contributed by atoms with Gasteiger partial charge in [-0.25, -0.2) is 8.78 Å². The Balaban J connectivity index is 2.58. The summed E-state index contributed by atoms with van der Waals surface area (Å²) >= 11 is 0. The van der Waals surface area contributed by atoms with Crippen LogP contribution in [-0.2, 0) is 4.74 Å². The van der Waals surface area contributed by atoms with Gasteiger partial charge in [0.05, 0.1) is 4.92 Å². The number of unbranched alkanes of at least 4 members (excludes halogenated alkanes) is 2. The molecule has 7 heteroatoms. The lowest BCUT2D eigenvalue weighted by atomic mass is 10.1. The molecule has 0 aliphatic rings. The summed E-state index contributed by atoms with van der Waals surface area (Å²) in [5.41, 5.74) is -0.417. The molecule has 0 saturated carbocycles. The number of halogens is 2. The SMILES string of the molecule is COCCCCCNc1ccc([N+](=O)[O-])cc1C(F)F. The molecule has 0 unspecified atom stereocenters. The molecule has 112 valence electrons. The zero-order valence-corrected chi connectivity index (χ0v) is 11.3. The number of benzene rings is 1. The van der Waals surface area contributed by atoms with E-state index in [4.69, 9.17) is 4.74 Å². The highest BCUT2D eigenvalue weighted by molar-refractivity contribution is 5.56. The van der Waals surface area contributed by atoms with E-state index >= 15 is 0 Å². The van der Waals surface area contributed by atoms with Gasteiger partial charge in [-0.05, 0) is 25.3 Å². The number of hydrogen-bond acceptors (Lipinski definition) is 4. The molecule has 0 aliphatic heterocycles. The van der Waals surface area contributed by atoms with Crippen molar-refractivity contribution in [1.29, 1.82) is 0 Å². The van der Waals surface area contributed by atoms with Gasteiger partial charge in [-0.15, -0.1) is 0 Å². The van der Waals surface area contributed by atoms with Gasteiger partial charge in [0.1, 0.15) is 0 Å². The van der Waals surface area contributed by atoms with Crippen LogP contribution in [-0.4, -0.2) is 25.2 Å². The predicted molar refractivity (Wildman–Crippen MR) is 72.3 cm³/mol. The number of methoxy groups -OCH3 is 1. The molecule has 0 aromatic heterocycles. The van der Waals surface area contributed by atoms with Crippen LogP contribution in [0.5, 0.6) is 0 Å². The number of nitrogens with one attached hydrogen (secondary N) is 1. The Labute approximate surface area is 116 Å². The second kappa shape index (κ2) is 8.42. The van der Waals surface area contributed by atoms with Crippen LogP contribution < -0.4 is 5.32 Å². The standard InChI is InChI=1S/C13H18F2N2O3/c1-20-8-4-2-3-7-16-12-6-5-10(17(18)19)9-11(12)13(14)15/h5-6,9,13,16H,2-4,7-8H2,1H3. The number of nitro groups is 1. The summed E-state index contributed by atoms with van der Waals surface area (Å²) in [5, 5.41) is 13.5. The summed E-state index contributed by atoms with van der Waals surface area (Å²) in [7, 11) is 1.63. The van der Waals surface area contributed by atoms with Crippen molar-refractivity contribution in [3.8, 4) is 0 Å². The number of hydrogen-bond donors (Lipinski definition) is 1. The molecular weight excluding hydrogens is 270 g/mol. The molecule has 1 aromatic carbocycles. The summed E-state index contributed by atoms with van der Waals surface area (Å²) < 4.78 is 30.6. The number of non-ortho nitro benzene ring substituents is 1. The minimum atomic E-state index is -2.74. The molecule has 0 spiro atoms. The Hall–Kier alpha value is -1.76. The molecule has 0 amide bonds. The van der Waals surface area contributed by atoms with Crippen LogP contribution in [0.3, 0.4) is 0 Å². The quantitative estimate of drug-likeness (QED) is 0.427. The monoisotopic (exact) mass is 288 g/mol. The fourth-order valence-electron chi connectivity index (χ4n) is 1.78. The molecule has 0 heterocycles. The Morgan fingerprint density at radius 1 is 1.35 bits per heavy atom. The summed E-state index contributed by atoms with van der Waals surface area (Å²) in [4.78, 5) is 9.90. The van der Waals surface area contributed by atoms with Gasteiger partial charge in [-0.3, -0.25) is 10.1 Å². The first-order chi connectivity index (χ1) is 9.56. The minimum Gasteiger partial charge on any atom is -0.385 e. The van der Waals surface area contributed by atoms with Crippen molar-refractivity contribution in [2.24, 2.45) is 0 Å². The second-order valence-electron chi connectivity index (χ2n) is 4.31. The fraction of sp³-hybridized carbons (Fsp3) is 0.538. The van der Waals surface area contributed by atoms with Crippen LogP contribution in [0.15, 0.2) is 18.2 Å². The third-order valence-corrected chi connectivity index (χ3v) is 2.82. The van der Waals surface area contributed by atoms with E-state index in [2.05, 4.69) is 5.32 Å². The summed E-state index contributed by atoms with van der Waals surface area (Å²) in [5.74, 6) is 0. The first-order valence-electron chi connectivity index (χ1n) is 6.35. The van der Waals surface area contributed by atoms with Crippen molar-refractivity contribution >= 4 is 11.4 Å². The smallest absolute Gasteiger partial charge is 0.270 e. The van der Waals surface area contributed by atoms with Crippen LogP contribution in [0.1, 0.15) is 31.3 Å². The third kappa shape index (κ3) is 5.08. The van der Waals surface area contributed by atoms with Gasteiger partial charge in [0, 0.05) is 43.6 Å². The minimum absolute atomic E-state index is 0.248. The van der Waals surface area contributed by atoms with Gasteiger partial charge in [0.2, 0.25) is 0 Å². The molecule has 0 saturated heterocycles. The largest absolute Gasteiger partial charge is 0.385 e. The zero-order valence-electron chi connectivity index (χ0n) is 11.3. The number of ether oxygens (including phenoxy) is 1. The predicted octanol–water partition coefficient (Wildman–Crippen LogP) is 3.76. The van der Waals surface area contributed by atoms with Crippen molar-refractivity contribution in [2.45, 2.75) is 25.7 Å². The summed E-state index contributed by atoms with van der Waals surface area (Å²) in [6.07, 6.45) is -0.0769. The van der Waals surface area contributed by atoms with Gasteiger partial charge in [0.25, 0.3) is 12.1 Å². The maximum absolute atomic E-state index is 12.9. The van der Waals surface area contributed by atoms with E-state index in [1.807, 2.05) is 0 Å². The highest BCUT2D eigenvalue weighted by Crippen LogP contribution is 2.30. The van der Waals surface area contributed by atoms with E-state index in [1.165, 1.54) is 12.1 Å². The first-order valence-corrected chi connectivity index (χ1v) is 6.35. The van der Waals surface area contributed by atoms with Crippen LogP contribution in [0.4, 0.5) is 20.2 Å². The van der Waals surface area contributed by atoms with Gasteiger partial charge < -0.3 is 10.1 Å². The molecule has 1 N–H and O–H groups in total. The number of nitrogens with zero attached hydrogens (tertiary/aromatic N) is 1. The lowest BCUT2D eigenvalue weighted by Crippen LogP contribution is -2.05. The van der Waals surface area contributed by atoms with Gasteiger partial charge >= 0.3 is 0 Å². The molecule has 1 rings (SSSR count). The molecule has 0 aliphatic carbocycles. The summed E-state index contributed by atoms with van der Waals surface area (Å²) in [6.45, 7) is 1.22. The molecule has 0 radical (unpaired) electrons. The van der Waals surface area contributed by atoms with E-state index in [9.17, 15) is 18.9 Å². The number of anilines is 1. The Morgan fingerprint density at radius 3 is 2.70 bits per heavy atom. The maximum atomic E-state index is 12.9. The lowest BCUT2D eigenvalue weighted by Gasteiger charge is -2.11. The molecule has 0 atom stereocenters. The highest BCUT2D eigenvalue weighted by Gasteiger charge is 2.17. The first kappa shape index (κ1) is 16.3. The van der Waals surface area contributed by atoms with Crippen molar-refractivity contribution < 1.29 is 18.4 Å². The molecule has 1 aromatic rings. The molecule has 0 bridgehead atoms. The van der Waals surface area contributed by atoms with Crippen LogP contribution >= 0.6 is 0 Å². The van der Waals surface area contributed by atoms with Crippen molar-refractivity contribution in [1.82, 2.24) is 0 Å². The Bertz CT molecular complexity index is 442. The van der Waals surface area contributed by atoms with Crippen LogP contribution in [0, 0.1) is 10.1 Å². The molecular formula is C13H18F2N2O3. The molecule has 20 heavy (non-hydrogen) atoms. The van der Waals surface area contributed by atoms with Crippen LogP contribution in [0.2, 0.25) is 0 Å². The number of rotatable bonds is 9. The lowest BCUT2D eigenvalue weighted by molar-refractivity contribution is -0.385. The van der Waals surface area contributed by atoms with Gasteiger partial charge in [0.15, 0.2) is 0 Å². The number of alkyl halides is 2. The maximum Gasteiger partial charge on any atom is 0.270 e. The fourth-order valence-corrected chi connectivity index (χ4v) is 1.78. The number of nitro benzene ring substituents is 1. The Kier molecular flexibility index (Phi) is 6.86. The highest BCUT2D eigenvalue weighted by atomic mass is 19.3. The zero-order chi connectivity index (χ0) is 15.0. The summed E-state index contributed by atoms with van der Waals surface area (Å²) in [6, 6.07) is 3.46. The Morgan fingerprint density at radius 2 is 2.10 bits per heavy atom. The average Bonchev–Trinajstić information content (AvgIpc) is 2.42. The van der Waals surface area contributed by atoms with Gasteiger partial charge in [-0.1, -0.05) is 0 Å². The normalized spacial score (nSPS) is 10.8. The van der Waals surface area contributed by atoms with Crippen molar-refractivity contribution in [3.63, 3.8) is 0 Å². The van der Waals surface area contributed by atoms with E-state index in [1.54, 1.807) is 7.11 Å². The van der Waals surface area contributed by atoms with E-state index in [-0.39, 0.29) is 16.9 Å². The topological polar surface area (TPSA) is 64.4 Å². The van der Waals surface area contributed by atoms with Gasteiger partial charge in [-0.2, -0.15) is 0 Å².